The predicted molar refractivity (Wildman–Crippen MR) is 138 cm³/mol. The van der Waals surface area contributed by atoms with Gasteiger partial charge in [0.2, 0.25) is 5.91 Å². The smallest absolute Gasteiger partial charge is 0.345 e. The van der Waals surface area contributed by atoms with Crippen LogP contribution in [0.15, 0.2) is 112 Å². The maximum atomic E-state index is 12.9. The second-order valence-corrected chi connectivity index (χ2v) is 8.69. The molecule has 7 heteroatoms. The van der Waals surface area contributed by atoms with E-state index in [1.807, 2.05) is 89.7 Å². The molecule has 0 radical (unpaired) electrons. The van der Waals surface area contributed by atoms with Gasteiger partial charge >= 0.3 is 5.63 Å². The third kappa shape index (κ3) is 3.80. The van der Waals surface area contributed by atoms with Gasteiger partial charge in [-0.1, -0.05) is 66.7 Å². The molecule has 7 nitrogen and oxygen atoms in total. The Kier molecular flexibility index (Phi) is 5.30. The Morgan fingerprint density at radius 2 is 1.64 bits per heavy atom. The minimum atomic E-state index is -0.472. The number of para-hydroxylation sites is 2. The molecule has 1 aliphatic heterocycles. The van der Waals surface area contributed by atoms with Crippen molar-refractivity contribution in [3.63, 3.8) is 0 Å². The average molecular weight is 475 g/mol. The van der Waals surface area contributed by atoms with Crippen molar-refractivity contribution in [2.45, 2.75) is 19.4 Å². The van der Waals surface area contributed by atoms with Gasteiger partial charge in [-0.15, -0.1) is 0 Å². The van der Waals surface area contributed by atoms with Crippen LogP contribution in [0.2, 0.25) is 0 Å². The highest BCUT2D eigenvalue weighted by atomic mass is 16.4. The largest absolute Gasteiger partial charge is 0.422 e. The van der Waals surface area contributed by atoms with Crippen molar-refractivity contribution < 1.29 is 9.21 Å². The Bertz CT molecular complexity index is 1670. The predicted octanol–water partition coefficient (Wildman–Crippen LogP) is 5.34. The van der Waals surface area contributed by atoms with E-state index in [-0.39, 0.29) is 5.91 Å². The topological polar surface area (TPSA) is 80.7 Å². The standard InChI is InChI=1S/C29H22N4O3/c1-19(34)33-26(17-25(30-33)23-16-21-12-8-9-15-27(21)36-29(23)35)24-18-32(22-13-6-3-7-14-22)31-28(24)20-10-4-2-5-11-20/h2-16,18,26H,17H2,1H3. The summed E-state index contributed by atoms with van der Waals surface area (Å²) < 4.78 is 7.36. The number of hydrogen-bond acceptors (Lipinski definition) is 5. The average Bonchev–Trinajstić information content (AvgIpc) is 3.55. The molecular weight excluding hydrogens is 452 g/mol. The Hall–Kier alpha value is -4.78. The summed E-state index contributed by atoms with van der Waals surface area (Å²) in [5.41, 5.74) is 4.37. The summed E-state index contributed by atoms with van der Waals surface area (Å²) in [6.45, 7) is 1.48. The van der Waals surface area contributed by atoms with Crippen molar-refractivity contribution in [1.29, 1.82) is 0 Å². The minimum absolute atomic E-state index is 0.216. The molecule has 0 N–H and O–H groups in total. The number of aromatic nitrogens is 2. The Morgan fingerprint density at radius 1 is 0.944 bits per heavy atom. The first kappa shape index (κ1) is 21.7. The highest BCUT2D eigenvalue weighted by Gasteiger charge is 2.35. The molecule has 2 aromatic heterocycles. The fourth-order valence-electron chi connectivity index (χ4n) is 4.63. The van der Waals surface area contributed by atoms with Crippen LogP contribution < -0.4 is 5.63 Å². The van der Waals surface area contributed by atoms with E-state index >= 15 is 0 Å². The molecule has 0 aliphatic carbocycles. The van der Waals surface area contributed by atoms with Gasteiger partial charge in [-0.25, -0.2) is 14.5 Å². The lowest BCUT2D eigenvalue weighted by molar-refractivity contribution is -0.130. The van der Waals surface area contributed by atoms with Crippen LogP contribution in [0.1, 0.15) is 30.5 Å². The molecular formula is C29H22N4O3. The van der Waals surface area contributed by atoms with Crippen molar-refractivity contribution in [3.05, 3.63) is 119 Å². The highest BCUT2D eigenvalue weighted by Crippen LogP contribution is 2.38. The van der Waals surface area contributed by atoms with Crippen LogP contribution in [0, 0.1) is 0 Å². The van der Waals surface area contributed by atoms with E-state index in [2.05, 4.69) is 5.10 Å². The lowest BCUT2D eigenvalue weighted by Crippen LogP contribution is -2.24. The summed E-state index contributed by atoms with van der Waals surface area (Å²) in [6, 6.07) is 28.4. The number of carbonyl (C=O) groups is 1. The van der Waals surface area contributed by atoms with Gasteiger partial charge < -0.3 is 4.42 Å². The summed E-state index contributed by atoms with van der Waals surface area (Å²) in [6.07, 6.45) is 2.31. The molecule has 6 rings (SSSR count). The summed E-state index contributed by atoms with van der Waals surface area (Å²) in [5.74, 6) is -0.216. The molecule has 0 saturated carbocycles. The molecule has 0 saturated heterocycles. The van der Waals surface area contributed by atoms with Crippen molar-refractivity contribution in [2.75, 3.05) is 0 Å². The molecule has 1 unspecified atom stereocenters. The van der Waals surface area contributed by atoms with Crippen molar-refractivity contribution in [2.24, 2.45) is 5.10 Å². The zero-order chi connectivity index (χ0) is 24.6. The molecule has 1 atom stereocenters. The number of hydrogen-bond donors (Lipinski definition) is 0. The van der Waals surface area contributed by atoms with Crippen molar-refractivity contribution >= 4 is 22.6 Å². The number of hydrazone groups is 1. The van der Waals surface area contributed by atoms with Crippen LogP contribution >= 0.6 is 0 Å². The lowest BCUT2D eigenvalue weighted by atomic mass is 9.96. The first-order valence-corrected chi connectivity index (χ1v) is 11.7. The second-order valence-electron chi connectivity index (χ2n) is 8.69. The highest BCUT2D eigenvalue weighted by molar-refractivity contribution is 6.04. The SMILES string of the molecule is CC(=O)N1N=C(c2cc3ccccc3oc2=O)CC1c1cn(-c2ccccc2)nc1-c1ccccc1. The number of nitrogens with zero attached hydrogens (tertiary/aromatic N) is 4. The third-order valence-corrected chi connectivity index (χ3v) is 6.35. The van der Waals surface area contributed by atoms with Crippen LogP contribution in [0.4, 0.5) is 0 Å². The Balaban J connectivity index is 1.47. The molecule has 176 valence electrons. The quantitative estimate of drug-likeness (QED) is 0.329. The van der Waals surface area contributed by atoms with Gasteiger partial charge in [0, 0.05) is 36.1 Å². The van der Waals surface area contributed by atoms with Crippen molar-refractivity contribution in [3.8, 4) is 16.9 Å². The molecule has 0 bridgehead atoms. The van der Waals surface area contributed by atoms with E-state index in [0.717, 1.165) is 27.9 Å². The Morgan fingerprint density at radius 3 is 2.39 bits per heavy atom. The maximum absolute atomic E-state index is 12.9. The van der Waals surface area contributed by atoms with Gasteiger partial charge in [-0.05, 0) is 24.3 Å². The van der Waals surface area contributed by atoms with E-state index in [9.17, 15) is 9.59 Å². The van der Waals surface area contributed by atoms with Crippen LogP contribution in [-0.2, 0) is 4.79 Å². The summed E-state index contributed by atoms with van der Waals surface area (Å²) in [7, 11) is 0. The summed E-state index contributed by atoms with van der Waals surface area (Å²) in [4.78, 5) is 25.6. The molecule has 1 amide bonds. The van der Waals surface area contributed by atoms with Gasteiger partial charge in [0.15, 0.2) is 0 Å². The number of amides is 1. The van der Waals surface area contributed by atoms with E-state index < -0.39 is 11.7 Å². The van der Waals surface area contributed by atoms with Crippen molar-refractivity contribution in [1.82, 2.24) is 14.8 Å². The van der Waals surface area contributed by atoms with Crippen LogP contribution in [0.3, 0.4) is 0 Å². The van der Waals surface area contributed by atoms with E-state index in [1.165, 1.54) is 11.9 Å². The first-order valence-electron chi connectivity index (χ1n) is 11.7. The molecule has 1 aliphatic rings. The van der Waals surface area contributed by atoms with Gasteiger partial charge in [-0.2, -0.15) is 10.2 Å². The van der Waals surface area contributed by atoms with Gasteiger partial charge in [-0.3, -0.25) is 4.79 Å². The fourth-order valence-corrected chi connectivity index (χ4v) is 4.63. The van der Waals surface area contributed by atoms with E-state index in [1.54, 1.807) is 12.1 Å². The molecule has 0 spiro atoms. The minimum Gasteiger partial charge on any atom is -0.422 e. The number of rotatable bonds is 4. The zero-order valence-corrected chi connectivity index (χ0v) is 19.5. The second kappa shape index (κ2) is 8.78. The zero-order valence-electron chi connectivity index (χ0n) is 19.5. The molecule has 0 fully saturated rings. The van der Waals surface area contributed by atoms with E-state index in [4.69, 9.17) is 9.52 Å². The summed E-state index contributed by atoms with van der Waals surface area (Å²) >= 11 is 0. The third-order valence-electron chi connectivity index (χ3n) is 6.35. The summed E-state index contributed by atoms with van der Waals surface area (Å²) in [5, 5.41) is 11.7. The fraction of sp³-hybridized carbons (Fsp3) is 0.103. The molecule has 3 heterocycles. The molecule has 3 aromatic carbocycles. The maximum Gasteiger partial charge on any atom is 0.345 e. The van der Waals surface area contributed by atoms with E-state index in [0.29, 0.717) is 23.3 Å². The first-order chi connectivity index (χ1) is 17.6. The van der Waals surface area contributed by atoms with Crippen LogP contribution in [-0.4, -0.2) is 26.4 Å². The van der Waals surface area contributed by atoms with Gasteiger partial charge in [0.25, 0.3) is 0 Å². The lowest BCUT2D eigenvalue weighted by Gasteiger charge is -2.20. The Labute approximate surface area is 206 Å². The van der Waals surface area contributed by atoms with Gasteiger partial charge in [0.1, 0.15) is 5.58 Å². The number of carbonyl (C=O) groups excluding carboxylic acids is 1. The van der Waals surface area contributed by atoms with Gasteiger partial charge in [0.05, 0.1) is 28.7 Å². The molecule has 36 heavy (non-hydrogen) atoms. The monoisotopic (exact) mass is 474 g/mol. The number of fused-ring (bicyclic) bond motifs is 1. The van der Waals surface area contributed by atoms with Crippen LogP contribution in [0.25, 0.3) is 27.9 Å². The number of benzene rings is 3. The normalized spacial score (nSPS) is 15.3. The van der Waals surface area contributed by atoms with Crippen LogP contribution in [0.5, 0.6) is 0 Å². The molecule has 5 aromatic rings.